The van der Waals surface area contributed by atoms with Crippen molar-refractivity contribution in [3.05, 3.63) is 35.9 Å². The normalized spacial score (nSPS) is 14.3. The fourth-order valence-electron chi connectivity index (χ4n) is 2.85. The molecule has 0 aliphatic rings. The third-order valence-electron chi connectivity index (χ3n) is 4.85. The van der Waals surface area contributed by atoms with Gasteiger partial charge in [0, 0.05) is 0 Å². The summed E-state index contributed by atoms with van der Waals surface area (Å²) >= 11 is 0. The van der Waals surface area contributed by atoms with E-state index in [1.54, 1.807) is 13.8 Å². The van der Waals surface area contributed by atoms with E-state index in [4.69, 9.17) is 15.9 Å². The Morgan fingerprint density at radius 3 is 2.09 bits per heavy atom. The van der Waals surface area contributed by atoms with Crippen molar-refractivity contribution in [1.29, 1.82) is 0 Å². The Morgan fingerprint density at radius 2 is 1.56 bits per heavy atom. The van der Waals surface area contributed by atoms with Crippen LogP contribution in [0.1, 0.15) is 32.3 Å². The molecule has 0 aromatic heterocycles. The summed E-state index contributed by atoms with van der Waals surface area (Å²) in [6.45, 7) is 2.78. The number of rotatable bonds is 13. The molecule has 0 aliphatic carbocycles. The Morgan fingerprint density at radius 1 is 0.938 bits per heavy atom. The molecule has 1 rings (SSSR count). The van der Waals surface area contributed by atoms with E-state index in [2.05, 4.69) is 10.6 Å². The van der Waals surface area contributed by atoms with Crippen LogP contribution in [-0.4, -0.2) is 64.5 Å². The maximum atomic E-state index is 12.8. The molecule has 176 valence electrons. The van der Waals surface area contributed by atoms with Crippen LogP contribution < -0.4 is 21.7 Å². The summed E-state index contributed by atoms with van der Waals surface area (Å²) in [5, 5.41) is 24.6. The Labute approximate surface area is 185 Å². The number of hydrogen-bond acceptors (Lipinski definition) is 6. The minimum absolute atomic E-state index is 0.251. The predicted molar refractivity (Wildman–Crippen MR) is 114 cm³/mol. The first-order valence-corrected chi connectivity index (χ1v) is 10.2. The number of amides is 3. The van der Waals surface area contributed by atoms with E-state index in [1.807, 2.05) is 35.6 Å². The van der Waals surface area contributed by atoms with Crippen molar-refractivity contribution in [2.24, 2.45) is 11.7 Å². The number of carboxylic acids is 2. The highest BCUT2D eigenvalue weighted by atomic mass is 16.4. The highest BCUT2D eigenvalue weighted by molar-refractivity contribution is 5.95. The topological polar surface area (TPSA) is 188 Å². The predicted octanol–water partition coefficient (Wildman–Crippen LogP) is -0.752. The second-order valence-corrected chi connectivity index (χ2v) is 7.44. The van der Waals surface area contributed by atoms with E-state index < -0.39 is 60.8 Å². The Balaban J connectivity index is 2.89. The number of nitrogens with one attached hydrogen (secondary N) is 3. The lowest BCUT2D eigenvalue weighted by Gasteiger charge is -2.27. The number of carbonyl (C=O) groups is 5. The van der Waals surface area contributed by atoms with Gasteiger partial charge in [0.15, 0.2) is 0 Å². The van der Waals surface area contributed by atoms with E-state index in [9.17, 15) is 24.0 Å². The molecular formula is C21H30N4O7. The molecule has 0 saturated carbocycles. The van der Waals surface area contributed by atoms with Crippen LogP contribution in [0.4, 0.5) is 0 Å². The van der Waals surface area contributed by atoms with Gasteiger partial charge >= 0.3 is 11.9 Å². The first kappa shape index (κ1) is 26.6. The average Bonchev–Trinajstić information content (AvgIpc) is 2.74. The van der Waals surface area contributed by atoms with Crippen LogP contribution in [0.5, 0.6) is 0 Å². The molecule has 0 saturated heterocycles. The zero-order chi connectivity index (χ0) is 24.3. The fourth-order valence-corrected chi connectivity index (χ4v) is 2.85. The largest absolute Gasteiger partial charge is 0.481 e. The van der Waals surface area contributed by atoms with Crippen molar-refractivity contribution >= 4 is 29.7 Å². The van der Waals surface area contributed by atoms with Gasteiger partial charge in [0.2, 0.25) is 17.7 Å². The van der Waals surface area contributed by atoms with Crippen LogP contribution in [0.25, 0.3) is 0 Å². The van der Waals surface area contributed by atoms with Crippen LogP contribution in [0, 0.1) is 5.92 Å². The molecule has 0 fully saturated rings. The maximum Gasteiger partial charge on any atom is 0.322 e. The molecule has 4 atom stereocenters. The van der Waals surface area contributed by atoms with Crippen molar-refractivity contribution in [2.75, 3.05) is 6.54 Å². The van der Waals surface area contributed by atoms with Crippen LogP contribution in [0.3, 0.4) is 0 Å². The van der Waals surface area contributed by atoms with Crippen molar-refractivity contribution in [2.45, 2.75) is 51.2 Å². The molecule has 11 heteroatoms. The molecule has 32 heavy (non-hydrogen) atoms. The molecule has 0 spiro atoms. The van der Waals surface area contributed by atoms with E-state index >= 15 is 0 Å². The maximum absolute atomic E-state index is 12.8. The average molecular weight is 450 g/mol. The summed E-state index contributed by atoms with van der Waals surface area (Å²) in [6.07, 6.45) is -0.00621. The van der Waals surface area contributed by atoms with Crippen LogP contribution >= 0.6 is 0 Å². The van der Waals surface area contributed by atoms with Crippen molar-refractivity contribution < 1.29 is 34.2 Å². The Kier molecular flexibility index (Phi) is 10.8. The van der Waals surface area contributed by atoms with Gasteiger partial charge in [-0.1, -0.05) is 50.6 Å². The van der Waals surface area contributed by atoms with Crippen LogP contribution in [0.15, 0.2) is 30.3 Å². The summed E-state index contributed by atoms with van der Waals surface area (Å²) in [7, 11) is 0. The van der Waals surface area contributed by atoms with Gasteiger partial charge in [0.1, 0.15) is 18.6 Å². The summed E-state index contributed by atoms with van der Waals surface area (Å²) in [6, 6.07) is 5.58. The summed E-state index contributed by atoms with van der Waals surface area (Å²) < 4.78 is 0. The molecule has 0 heterocycles. The zero-order valence-electron chi connectivity index (χ0n) is 18.0. The monoisotopic (exact) mass is 450 g/mol. The van der Waals surface area contributed by atoms with Crippen molar-refractivity contribution in [3.8, 4) is 0 Å². The zero-order valence-corrected chi connectivity index (χ0v) is 18.0. The lowest BCUT2D eigenvalue weighted by atomic mass is 9.96. The van der Waals surface area contributed by atoms with Crippen molar-refractivity contribution in [3.63, 3.8) is 0 Å². The number of nitrogens with two attached hydrogens (primary N) is 1. The molecule has 7 N–H and O–H groups in total. The fraction of sp³-hybridized carbons (Fsp3) is 0.476. The molecular weight excluding hydrogens is 420 g/mol. The molecule has 0 bridgehead atoms. The third kappa shape index (κ3) is 9.13. The molecule has 3 amide bonds. The number of aliphatic carboxylic acids is 2. The van der Waals surface area contributed by atoms with E-state index in [0.717, 1.165) is 5.56 Å². The SMILES string of the molecule is CCC(C)C(NC(=O)C(N)Cc1ccccc1)C(=O)NC(CC(=O)O)C(=O)NCC(=O)O. The van der Waals surface area contributed by atoms with E-state index in [1.165, 1.54) is 0 Å². The quantitative estimate of drug-likeness (QED) is 0.226. The Hall–Kier alpha value is -3.47. The molecule has 1 aromatic rings. The van der Waals surface area contributed by atoms with Gasteiger partial charge in [0.25, 0.3) is 0 Å². The smallest absolute Gasteiger partial charge is 0.322 e. The summed E-state index contributed by atoms with van der Waals surface area (Å²) in [4.78, 5) is 59.3. The standard InChI is InChI=1S/C21H30N4O7/c1-3-12(2)18(25-19(30)14(22)9-13-7-5-4-6-8-13)21(32)24-15(10-16(26)27)20(31)23-11-17(28)29/h4-8,12,14-15,18H,3,9-11,22H2,1-2H3,(H,23,31)(H,24,32)(H,25,30)(H,26,27)(H,28,29). The highest BCUT2D eigenvalue weighted by Crippen LogP contribution is 2.10. The number of carboxylic acid groups (broad SMARTS) is 2. The van der Waals surface area contributed by atoms with Gasteiger partial charge in [-0.05, 0) is 17.9 Å². The number of carbonyl (C=O) groups excluding carboxylic acids is 3. The highest BCUT2D eigenvalue weighted by Gasteiger charge is 2.32. The van der Waals surface area contributed by atoms with Gasteiger partial charge in [-0.2, -0.15) is 0 Å². The Bertz CT molecular complexity index is 816. The number of benzene rings is 1. The van der Waals surface area contributed by atoms with Gasteiger partial charge < -0.3 is 31.9 Å². The molecule has 0 radical (unpaired) electrons. The van der Waals surface area contributed by atoms with Gasteiger partial charge in [-0.3, -0.25) is 24.0 Å². The van der Waals surface area contributed by atoms with Gasteiger partial charge in [0.05, 0.1) is 12.5 Å². The summed E-state index contributed by atoms with van der Waals surface area (Å²) in [5.74, 6) is -5.34. The minimum Gasteiger partial charge on any atom is -0.481 e. The first-order chi connectivity index (χ1) is 15.0. The van der Waals surface area contributed by atoms with E-state index in [-0.39, 0.29) is 12.3 Å². The minimum atomic E-state index is -1.51. The molecule has 1 aromatic carbocycles. The van der Waals surface area contributed by atoms with Crippen LogP contribution in [-0.2, 0) is 30.4 Å². The second kappa shape index (κ2) is 13.1. The lowest BCUT2D eigenvalue weighted by molar-refractivity contribution is -0.142. The first-order valence-electron chi connectivity index (χ1n) is 10.2. The molecule has 11 nitrogen and oxygen atoms in total. The second-order valence-electron chi connectivity index (χ2n) is 7.44. The molecule has 4 unspecified atom stereocenters. The number of hydrogen-bond donors (Lipinski definition) is 6. The van der Waals surface area contributed by atoms with Crippen molar-refractivity contribution in [1.82, 2.24) is 16.0 Å². The van der Waals surface area contributed by atoms with Gasteiger partial charge in [-0.15, -0.1) is 0 Å². The van der Waals surface area contributed by atoms with E-state index in [0.29, 0.717) is 6.42 Å². The molecule has 0 aliphatic heterocycles. The van der Waals surface area contributed by atoms with Gasteiger partial charge in [-0.25, -0.2) is 0 Å². The van der Waals surface area contributed by atoms with Crippen LogP contribution in [0.2, 0.25) is 0 Å². The third-order valence-corrected chi connectivity index (χ3v) is 4.85. The lowest BCUT2D eigenvalue weighted by Crippen LogP contribution is -2.58. The summed E-state index contributed by atoms with van der Waals surface area (Å²) in [5.41, 5.74) is 6.83.